The van der Waals surface area contributed by atoms with Gasteiger partial charge in [0.1, 0.15) is 5.56 Å². The Morgan fingerprint density at radius 1 is 1.37 bits per heavy atom. The molecule has 3 unspecified atom stereocenters. The lowest BCUT2D eigenvalue weighted by Gasteiger charge is -2.27. The number of nitrogens with one attached hydrogen (secondary N) is 3. The number of rotatable bonds is 1. The van der Waals surface area contributed by atoms with E-state index in [-0.39, 0.29) is 23.6 Å². The van der Waals surface area contributed by atoms with Crippen molar-refractivity contribution in [3.8, 4) is 0 Å². The molecule has 102 valence electrons. The van der Waals surface area contributed by atoms with Crippen molar-refractivity contribution in [2.75, 3.05) is 13.1 Å². The molecule has 0 aromatic carbocycles. The summed E-state index contributed by atoms with van der Waals surface area (Å²) in [6.45, 7) is 3.68. The van der Waals surface area contributed by atoms with E-state index in [0.29, 0.717) is 5.92 Å². The molecular weight excluding hydrogens is 248 g/mol. The number of hydrogen-bond acceptors (Lipinski definition) is 4. The van der Waals surface area contributed by atoms with Gasteiger partial charge in [0.25, 0.3) is 11.5 Å². The molecule has 19 heavy (non-hydrogen) atoms. The van der Waals surface area contributed by atoms with E-state index in [1.165, 1.54) is 6.20 Å². The summed E-state index contributed by atoms with van der Waals surface area (Å²) < 4.78 is 0. The zero-order valence-corrected chi connectivity index (χ0v) is 10.6. The highest BCUT2D eigenvalue weighted by Crippen LogP contribution is 2.32. The second kappa shape index (κ2) is 4.34. The molecule has 1 aromatic rings. The fraction of sp³-hybridized carbons (Fsp3) is 0.583. The number of hydrogen-bond donors (Lipinski definition) is 3. The van der Waals surface area contributed by atoms with E-state index >= 15 is 0 Å². The highest BCUT2D eigenvalue weighted by molar-refractivity contribution is 5.94. The third-order valence-electron chi connectivity index (χ3n) is 4.06. The van der Waals surface area contributed by atoms with E-state index in [4.69, 9.17) is 0 Å². The average molecular weight is 264 g/mol. The van der Waals surface area contributed by atoms with Crippen molar-refractivity contribution in [2.45, 2.75) is 25.4 Å². The van der Waals surface area contributed by atoms with E-state index in [0.717, 1.165) is 19.5 Å². The predicted molar refractivity (Wildman–Crippen MR) is 68.1 cm³/mol. The van der Waals surface area contributed by atoms with Crippen LogP contribution in [0.4, 0.5) is 0 Å². The first-order chi connectivity index (χ1) is 9.08. The summed E-state index contributed by atoms with van der Waals surface area (Å²) in [5.41, 5.74) is -1.23. The Morgan fingerprint density at radius 2 is 2.16 bits per heavy atom. The lowest BCUT2D eigenvalue weighted by atomic mass is 10.0. The van der Waals surface area contributed by atoms with Gasteiger partial charge in [-0.05, 0) is 19.3 Å². The second-order valence-electron chi connectivity index (χ2n) is 5.27. The number of H-pyrrole nitrogens is 2. The zero-order valence-electron chi connectivity index (χ0n) is 10.6. The van der Waals surface area contributed by atoms with Gasteiger partial charge in [-0.15, -0.1) is 0 Å². The number of likely N-dealkylation sites (tertiary alicyclic amines) is 1. The van der Waals surface area contributed by atoms with Gasteiger partial charge in [0.2, 0.25) is 0 Å². The minimum absolute atomic E-state index is 0.000926. The van der Waals surface area contributed by atoms with Gasteiger partial charge >= 0.3 is 5.69 Å². The largest absolute Gasteiger partial charge is 0.331 e. The SMILES string of the molecule is CC1CC2CNCC2N1C(=O)c1c[nH]c(=O)[nH]c1=O. The van der Waals surface area contributed by atoms with Crippen LogP contribution in [0, 0.1) is 5.92 Å². The van der Waals surface area contributed by atoms with E-state index in [1.807, 2.05) is 6.92 Å². The number of nitrogens with zero attached hydrogens (tertiary/aromatic N) is 1. The molecule has 0 bridgehead atoms. The van der Waals surface area contributed by atoms with Gasteiger partial charge in [-0.2, -0.15) is 0 Å². The molecule has 7 nitrogen and oxygen atoms in total. The maximum atomic E-state index is 12.5. The molecule has 2 aliphatic heterocycles. The van der Waals surface area contributed by atoms with Crippen molar-refractivity contribution >= 4 is 5.91 Å². The van der Waals surface area contributed by atoms with Crippen LogP contribution in [0.25, 0.3) is 0 Å². The van der Waals surface area contributed by atoms with Gasteiger partial charge in [-0.3, -0.25) is 14.6 Å². The Balaban J connectivity index is 1.95. The van der Waals surface area contributed by atoms with Crippen molar-refractivity contribution in [3.05, 3.63) is 32.6 Å². The molecule has 2 fully saturated rings. The summed E-state index contributed by atoms with van der Waals surface area (Å²) in [6.07, 6.45) is 2.15. The Bertz CT molecular complexity index is 620. The summed E-state index contributed by atoms with van der Waals surface area (Å²) in [7, 11) is 0. The van der Waals surface area contributed by atoms with Gasteiger partial charge in [0.05, 0.1) is 0 Å². The highest BCUT2D eigenvalue weighted by Gasteiger charge is 2.44. The maximum Gasteiger partial charge on any atom is 0.325 e. The number of aromatic amines is 2. The molecule has 2 aliphatic rings. The van der Waals surface area contributed by atoms with Crippen molar-refractivity contribution in [1.82, 2.24) is 20.2 Å². The van der Waals surface area contributed by atoms with Crippen molar-refractivity contribution in [1.29, 1.82) is 0 Å². The summed E-state index contributed by atoms with van der Waals surface area (Å²) in [5.74, 6) is 0.155. The molecule has 0 aliphatic carbocycles. The number of fused-ring (bicyclic) bond motifs is 1. The van der Waals surface area contributed by atoms with Crippen LogP contribution in [0.15, 0.2) is 15.8 Å². The first kappa shape index (κ1) is 12.2. The molecule has 0 radical (unpaired) electrons. The van der Waals surface area contributed by atoms with E-state index in [1.54, 1.807) is 4.90 Å². The lowest BCUT2D eigenvalue weighted by molar-refractivity contribution is 0.0679. The van der Waals surface area contributed by atoms with Gasteiger partial charge in [-0.25, -0.2) is 4.79 Å². The minimum Gasteiger partial charge on any atom is -0.331 e. The third kappa shape index (κ3) is 1.90. The number of carbonyl (C=O) groups excluding carboxylic acids is 1. The van der Waals surface area contributed by atoms with Gasteiger partial charge < -0.3 is 15.2 Å². The fourth-order valence-electron chi connectivity index (χ4n) is 3.22. The maximum absolute atomic E-state index is 12.5. The molecule has 1 aromatic heterocycles. The van der Waals surface area contributed by atoms with Crippen LogP contribution < -0.4 is 16.6 Å². The number of aromatic nitrogens is 2. The fourth-order valence-corrected chi connectivity index (χ4v) is 3.22. The summed E-state index contributed by atoms with van der Waals surface area (Å²) >= 11 is 0. The third-order valence-corrected chi connectivity index (χ3v) is 4.06. The quantitative estimate of drug-likeness (QED) is 0.599. The average Bonchev–Trinajstić information content (AvgIpc) is 2.87. The van der Waals surface area contributed by atoms with Crippen LogP contribution in [0.5, 0.6) is 0 Å². The smallest absolute Gasteiger partial charge is 0.325 e. The van der Waals surface area contributed by atoms with Gasteiger partial charge in [-0.1, -0.05) is 0 Å². The van der Waals surface area contributed by atoms with Crippen molar-refractivity contribution in [3.63, 3.8) is 0 Å². The van der Waals surface area contributed by atoms with Gasteiger partial charge in [0.15, 0.2) is 0 Å². The molecule has 0 spiro atoms. The van der Waals surface area contributed by atoms with E-state index in [2.05, 4.69) is 15.3 Å². The van der Waals surface area contributed by atoms with Crippen LogP contribution in [-0.4, -0.2) is 45.9 Å². The molecular formula is C12H16N4O3. The normalized spacial score (nSPS) is 29.5. The summed E-state index contributed by atoms with van der Waals surface area (Å²) in [5, 5.41) is 3.27. The Labute approximate surface area is 109 Å². The molecule has 3 rings (SSSR count). The Kier molecular flexibility index (Phi) is 2.78. The first-order valence-electron chi connectivity index (χ1n) is 6.43. The second-order valence-corrected chi connectivity index (χ2v) is 5.27. The van der Waals surface area contributed by atoms with Crippen molar-refractivity contribution in [2.24, 2.45) is 5.92 Å². The molecule has 0 saturated carbocycles. The monoisotopic (exact) mass is 264 g/mol. The molecule has 3 atom stereocenters. The first-order valence-corrected chi connectivity index (χ1v) is 6.43. The standard InChI is InChI=1S/C12H16N4O3/c1-6-2-7-3-13-5-9(7)16(6)11(18)8-4-14-12(19)15-10(8)17/h4,6-7,9,13H,2-3,5H2,1H3,(H2,14,15,17,19). The predicted octanol–water partition coefficient (Wildman–Crippen LogP) is -1.11. The van der Waals surface area contributed by atoms with Crippen LogP contribution >= 0.6 is 0 Å². The zero-order chi connectivity index (χ0) is 13.6. The highest BCUT2D eigenvalue weighted by atomic mass is 16.2. The number of amides is 1. The van der Waals surface area contributed by atoms with Crippen LogP contribution in [0.2, 0.25) is 0 Å². The minimum atomic E-state index is -0.629. The Hall–Kier alpha value is -1.89. The van der Waals surface area contributed by atoms with Crippen LogP contribution in [0.3, 0.4) is 0 Å². The molecule has 2 saturated heterocycles. The Morgan fingerprint density at radius 3 is 2.89 bits per heavy atom. The molecule has 1 amide bonds. The summed E-state index contributed by atoms with van der Waals surface area (Å²) in [6, 6.07) is 0.268. The number of carbonyl (C=O) groups is 1. The van der Waals surface area contributed by atoms with E-state index in [9.17, 15) is 14.4 Å². The molecule has 3 heterocycles. The lowest BCUT2D eigenvalue weighted by Crippen LogP contribution is -2.45. The van der Waals surface area contributed by atoms with Crippen molar-refractivity contribution < 1.29 is 4.79 Å². The summed E-state index contributed by atoms with van der Waals surface area (Å²) in [4.78, 5) is 41.4. The molecule has 3 N–H and O–H groups in total. The topological polar surface area (TPSA) is 98.1 Å². The van der Waals surface area contributed by atoms with Crippen LogP contribution in [-0.2, 0) is 0 Å². The van der Waals surface area contributed by atoms with Gasteiger partial charge in [0, 0.05) is 31.4 Å². The van der Waals surface area contributed by atoms with Crippen LogP contribution in [0.1, 0.15) is 23.7 Å². The molecule has 7 heteroatoms. The van der Waals surface area contributed by atoms with E-state index < -0.39 is 11.2 Å².